The van der Waals surface area contributed by atoms with Gasteiger partial charge in [0.2, 0.25) is 0 Å². The highest BCUT2D eigenvalue weighted by molar-refractivity contribution is 6.08. The van der Waals surface area contributed by atoms with Gasteiger partial charge in [0.15, 0.2) is 17.3 Å². The Morgan fingerprint density at radius 3 is 2.35 bits per heavy atom. The number of hydrogen-bond acceptors (Lipinski definition) is 5. The molecule has 0 unspecified atom stereocenters. The minimum atomic E-state index is -0.158. The molecule has 0 saturated heterocycles. The van der Waals surface area contributed by atoms with Crippen LogP contribution in [0.4, 0.5) is 0 Å². The highest BCUT2D eigenvalue weighted by atomic mass is 16.5. The van der Waals surface area contributed by atoms with Crippen molar-refractivity contribution in [3.05, 3.63) is 53.6 Å². The molecule has 5 nitrogen and oxygen atoms in total. The molecule has 0 spiro atoms. The second kappa shape index (κ2) is 9.51. The van der Waals surface area contributed by atoms with Crippen molar-refractivity contribution in [2.75, 3.05) is 27.9 Å². The Morgan fingerprint density at radius 1 is 0.923 bits per heavy atom. The number of rotatable bonds is 9. The summed E-state index contributed by atoms with van der Waals surface area (Å²) in [7, 11) is 4.68. The van der Waals surface area contributed by atoms with Crippen LogP contribution in [0, 0.1) is 0 Å². The lowest BCUT2D eigenvalue weighted by molar-refractivity contribution is 0.104. The van der Waals surface area contributed by atoms with Crippen molar-refractivity contribution in [2.45, 2.75) is 13.3 Å². The van der Waals surface area contributed by atoms with E-state index in [1.165, 1.54) is 13.2 Å². The monoisotopic (exact) mass is 356 g/mol. The van der Waals surface area contributed by atoms with Crippen LogP contribution in [0.2, 0.25) is 0 Å². The van der Waals surface area contributed by atoms with Crippen molar-refractivity contribution in [3.8, 4) is 23.0 Å². The van der Waals surface area contributed by atoms with Gasteiger partial charge in [-0.1, -0.05) is 19.1 Å². The number of hydrogen-bond donors (Lipinski definition) is 0. The molecule has 2 aromatic carbocycles. The van der Waals surface area contributed by atoms with Gasteiger partial charge < -0.3 is 18.9 Å². The molecule has 0 N–H and O–H groups in total. The molecule has 0 atom stereocenters. The van der Waals surface area contributed by atoms with Crippen molar-refractivity contribution < 1.29 is 23.7 Å². The van der Waals surface area contributed by atoms with Crippen molar-refractivity contribution in [3.63, 3.8) is 0 Å². The number of benzene rings is 2. The lowest BCUT2D eigenvalue weighted by atomic mass is 10.1. The molecule has 5 heteroatoms. The smallest absolute Gasteiger partial charge is 0.189 e. The Morgan fingerprint density at radius 2 is 1.69 bits per heavy atom. The Kier molecular flexibility index (Phi) is 7.09. The van der Waals surface area contributed by atoms with Gasteiger partial charge in [-0.25, -0.2) is 0 Å². The molecule has 0 saturated carbocycles. The minimum absolute atomic E-state index is 0.158. The lowest BCUT2D eigenvalue weighted by Gasteiger charge is -2.10. The third-order valence-electron chi connectivity index (χ3n) is 3.75. The van der Waals surface area contributed by atoms with Crippen LogP contribution < -0.4 is 18.9 Å². The van der Waals surface area contributed by atoms with Gasteiger partial charge in [0.1, 0.15) is 11.5 Å². The van der Waals surface area contributed by atoms with Crippen LogP contribution in [0.25, 0.3) is 6.08 Å². The molecule has 0 radical (unpaired) electrons. The fourth-order valence-electron chi connectivity index (χ4n) is 2.38. The summed E-state index contributed by atoms with van der Waals surface area (Å²) in [6.07, 6.45) is 4.16. The third kappa shape index (κ3) is 4.79. The summed E-state index contributed by atoms with van der Waals surface area (Å²) in [6.45, 7) is 2.67. The molecule has 0 heterocycles. The topological polar surface area (TPSA) is 54.0 Å². The molecule has 2 aromatic rings. The largest absolute Gasteiger partial charge is 0.497 e. The SMILES string of the molecule is CCCOc1ccc(/C=C/C(=O)c2ccc(OC)cc2OC)cc1OC. The molecule has 0 aliphatic heterocycles. The molecule has 0 bridgehead atoms. The van der Waals surface area contributed by atoms with Gasteiger partial charge in [-0.15, -0.1) is 0 Å². The zero-order valence-electron chi connectivity index (χ0n) is 15.6. The second-order valence-corrected chi connectivity index (χ2v) is 5.52. The van der Waals surface area contributed by atoms with E-state index in [2.05, 4.69) is 0 Å². The first kappa shape index (κ1) is 19.4. The number of ether oxygens (including phenoxy) is 4. The van der Waals surface area contributed by atoms with Gasteiger partial charge in [0.05, 0.1) is 33.5 Å². The summed E-state index contributed by atoms with van der Waals surface area (Å²) < 4.78 is 21.4. The number of allylic oxidation sites excluding steroid dienone is 1. The standard InChI is InChI=1S/C21H24O5/c1-5-12-26-19-11-7-15(13-21(19)25-4)6-10-18(22)17-9-8-16(23-2)14-20(17)24-3/h6-11,13-14H,5,12H2,1-4H3/b10-6+. The van der Waals surface area contributed by atoms with Gasteiger partial charge in [-0.2, -0.15) is 0 Å². The first-order valence-electron chi connectivity index (χ1n) is 8.38. The van der Waals surface area contributed by atoms with E-state index in [9.17, 15) is 4.79 Å². The molecule has 0 fully saturated rings. The summed E-state index contributed by atoms with van der Waals surface area (Å²) in [5, 5.41) is 0. The van der Waals surface area contributed by atoms with Crippen LogP contribution in [0.5, 0.6) is 23.0 Å². The third-order valence-corrected chi connectivity index (χ3v) is 3.75. The summed E-state index contributed by atoms with van der Waals surface area (Å²) in [4.78, 5) is 12.5. The van der Waals surface area contributed by atoms with E-state index in [1.54, 1.807) is 38.5 Å². The van der Waals surface area contributed by atoms with Crippen LogP contribution in [-0.2, 0) is 0 Å². The molecule has 0 aromatic heterocycles. The first-order valence-corrected chi connectivity index (χ1v) is 8.38. The Hall–Kier alpha value is -2.95. The molecular weight excluding hydrogens is 332 g/mol. The quantitative estimate of drug-likeness (QED) is 0.492. The summed E-state index contributed by atoms with van der Waals surface area (Å²) in [5.41, 5.74) is 1.31. The Labute approximate surface area is 154 Å². The molecule has 26 heavy (non-hydrogen) atoms. The van der Waals surface area contributed by atoms with Crippen LogP contribution >= 0.6 is 0 Å². The van der Waals surface area contributed by atoms with E-state index >= 15 is 0 Å². The van der Waals surface area contributed by atoms with E-state index in [0.717, 1.165) is 12.0 Å². The highest BCUT2D eigenvalue weighted by Gasteiger charge is 2.11. The predicted octanol–water partition coefficient (Wildman–Crippen LogP) is 4.40. The van der Waals surface area contributed by atoms with E-state index < -0.39 is 0 Å². The molecule has 0 aliphatic rings. The number of methoxy groups -OCH3 is 3. The van der Waals surface area contributed by atoms with E-state index in [-0.39, 0.29) is 5.78 Å². The zero-order valence-corrected chi connectivity index (χ0v) is 15.6. The molecule has 0 amide bonds. The maximum absolute atomic E-state index is 12.5. The average Bonchev–Trinajstić information content (AvgIpc) is 2.69. The molecule has 2 rings (SSSR count). The van der Waals surface area contributed by atoms with E-state index in [4.69, 9.17) is 18.9 Å². The minimum Gasteiger partial charge on any atom is -0.497 e. The van der Waals surface area contributed by atoms with E-state index in [0.29, 0.717) is 35.2 Å². The number of carbonyl (C=O) groups is 1. The van der Waals surface area contributed by atoms with Crippen molar-refractivity contribution in [1.29, 1.82) is 0 Å². The van der Waals surface area contributed by atoms with Gasteiger partial charge in [0.25, 0.3) is 0 Å². The van der Waals surface area contributed by atoms with E-state index in [1.807, 2.05) is 25.1 Å². The molecule has 138 valence electrons. The van der Waals surface area contributed by atoms with Crippen LogP contribution in [0.1, 0.15) is 29.3 Å². The number of carbonyl (C=O) groups excluding carboxylic acids is 1. The maximum Gasteiger partial charge on any atom is 0.189 e. The lowest BCUT2D eigenvalue weighted by Crippen LogP contribution is -2.00. The van der Waals surface area contributed by atoms with Gasteiger partial charge >= 0.3 is 0 Å². The van der Waals surface area contributed by atoms with Crippen molar-refractivity contribution in [1.82, 2.24) is 0 Å². The van der Waals surface area contributed by atoms with Crippen LogP contribution in [0.15, 0.2) is 42.5 Å². The zero-order chi connectivity index (χ0) is 18.9. The highest BCUT2D eigenvalue weighted by Crippen LogP contribution is 2.29. The van der Waals surface area contributed by atoms with Gasteiger partial charge in [-0.3, -0.25) is 4.79 Å². The van der Waals surface area contributed by atoms with Crippen LogP contribution in [0.3, 0.4) is 0 Å². The second-order valence-electron chi connectivity index (χ2n) is 5.52. The summed E-state index contributed by atoms with van der Waals surface area (Å²) in [6, 6.07) is 10.7. The first-order chi connectivity index (χ1) is 12.6. The molecule has 0 aliphatic carbocycles. The predicted molar refractivity (Wildman–Crippen MR) is 102 cm³/mol. The van der Waals surface area contributed by atoms with Crippen molar-refractivity contribution >= 4 is 11.9 Å². The van der Waals surface area contributed by atoms with Crippen LogP contribution in [-0.4, -0.2) is 33.7 Å². The Bertz CT molecular complexity index is 780. The fourth-order valence-corrected chi connectivity index (χ4v) is 2.38. The van der Waals surface area contributed by atoms with Gasteiger partial charge in [0, 0.05) is 6.07 Å². The fraction of sp³-hybridized carbons (Fsp3) is 0.286. The van der Waals surface area contributed by atoms with Crippen molar-refractivity contribution in [2.24, 2.45) is 0 Å². The summed E-state index contributed by atoms with van der Waals surface area (Å²) in [5.74, 6) is 2.27. The maximum atomic E-state index is 12.5. The van der Waals surface area contributed by atoms with Gasteiger partial charge in [-0.05, 0) is 42.3 Å². The normalized spacial score (nSPS) is 10.6. The number of ketones is 1. The summed E-state index contributed by atoms with van der Waals surface area (Å²) >= 11 is 0. The molecular formula is C21H24O5. The average molecular weight is 356 g/mol. The Balaban J connectivity index is 2.20.